The first-order valence-electron chi connectivity index (χ1n) is 4.74. The van der Waals surface area contributed by atoms with Gasteiger partial charge in [-0.2, -0.15) is 0 Å². The average molecular weight is 227 g/mol. The summed E-state index contributed by atoms with van der Waals surface area (Å²) in [4.78, 5) is 12.0. The zero-order valence-corrected chi connectivity index (χ0v) is 10.2. The Morgan fingerprint density at radius 2 is 2.00 bits per heavy atom. The summed E-state index contributed by atoms with van der Waals surface area (Å²) in [6, 6.07) is 5.28. The molecule has 0 saturated heterocycles. The van der Waals surface area contributed by atoms with Gasteiger partial charge in [0, 0.05) is 17.7 Å². The lowest BCUT2D eigenvalue weighted by molar-refractivity contribution is 0.0228. The number of hydrogen-bond donors (Lipinski definition) is 0. The molecule has 0 heterocycles. The van der Waals surface area contributed by atoms with Crippen molar-refractivity contribution in [2.24, 2.45) is 0 Å². The van der Waals surface area contributed by atoms with E-state index < -0.39 is 5.60 Å². The molecule has 1 rings (SSSR count). The fourth-order valence-electron chi connectivity index (χ4n) is 1.17. The van der Waals surface area contributed by atoms with E-state index in [1.54, 1.807) is 26.0 Å². The van der Waals surface area contributed by atoms with Gasteiger partial charge in [0.2, 0.25) is 0 Å². The maximum absolute atomic E-state index is 12.0. The number of benzene rings is 1. The smallest absolute Gasteiger partial charge is 0.194 e. The topological polar surface area (TPSA) is 26.3 Å². The molecule has 0 aliphatic carbocycles. The highest BCUT2D eigenvalue weighted by Gasteiger charge is 2.28. The standard InChI is InChI=1S/C12H15ClO2/c1-8-5-6-9(7-10(8)13)11(14)12(2,3)15-4/h5-7H,1-4H3. The minimum atomic E-state index is -0.807. The van der Waals surface area contributed by atoms with Gasteiger partial charge in [0.15, 0.2) is 5.78 Å². The van der Waals surface area contributed by atoms with Crippen LogP contribution in [0.2, 0.25) is 5.02 Å². The molecule has 3 heteroatoms. The van der Waals surface area contributed by atoms with E-state index in [0.29, 0.717) is 10.6 Å². The first-order valence-corrected chi connectivity index (χ1v) is 5.12. The fraction of sp³-hybridized carbons (Fsp3) is 0.417. The molecular weight excluding hydrogens is 212 g/mol. The van der Waals surface area contributed by atoms with Crippen molar-refractivity contribution in [2.45, 2.75) is 26.4 Å². The van der Waals surface area contributed by atoms with Crippen LogP contribution in [0.4, 0.5) is 0 Å². The summed E-state index contributed by atoms with van der Waals surface area (Å²) in [5, 5.41) is 0.604. The van der Waals surface area contributed by atoms with E-state index >= 15 is 0 Å². The quantitative estimate of drug-likeness (QED) is 0.740. The Labute approximate surface area is 95.2 Å². The van der Waals surface area contributed by atoms with Crippen LogP contribution in [0.15, 0.2) is 18.2 Å². The van der Waals surface area contributed by atoms with Crippen LogP contribution in [0.1, 0.15) is 29.8 Å². The van der Waals surface area contributed by atoms with Gasteiger partial charge in [-0.05, 0) is 32.4 Å². The lowest BCUT2D eigenvalue weighted by Gasteiger charge is -2.21. The Bertz CT molecular complexity index is 383. The highest BCUT2D eigenvalue weighted by molar-refractivity contribution is 6.31. The van der Waals surface area contributed by atoms with Crippen molar-refractivity contribution < 1.29 is 9.53 Å². The largest absolute Gasteiger partial charge is 0.371 e. The SMILES string of the molecule is COC(C)(C)C(=O)c1ccc(C)c(Cl)c1. The average Bonchev–Trinajstić information content (AvgIpc) is 2.21. The number of Topliss-reactive ketones (excluding diaryl/α,β-unsaturated/α-hetero) is 1. The summed E-state index contributed by atoms with van der Waals surface area (Å²) in [7, 11) is 1.52. The number of hydrogen-bond acceptors (Lipinski definition) is 2. The van der Waals surface area contributed by atoms with Gasteiger partial charge in [-0.3, -0.25) is 4.79 Å². The van der Waals surface area contributed by atoms with Crippen LogP contribution in [0, 0.1) is 6.92 Å². The number of carbonyl (C=O) groups is 1. The zero-order valence-electron chi connectivity index (χ0n) is 9.43. The van der Waals surface area contributed by atoms with E-state index in [1.165, 1.54) is 7.11 Å². The van der Waals surface area contributed by atoms with E-state index in [9.17, 15) is 4.79 Å². The van der Waals surface area contributed by atoms with Crippen LogP contribution < -0.4 is 0 Å². The molecule has 0 saturated carbocycles. The van der Waals surface area contributed by atoms with Crippen LogP contribution in [0.25, 0.3) is 0 Å². The Morgan fingerprint density at radius 3 is 2.47 bits per heavy atom. The van der Waals surface area contributed by atoms with E-state index in [2.05, 4.69) is 0 Å². The number of halogens is 1. The van der Waals surface area contributed by atoms with Gasteiger partial charge in [-0.15, -0.1) is 0 Å². The van der Waals surface area contributed by atoms with Crippen molar-refractivity contribution in [1.82, 2.24) is 0 Å². The van der Waals surface area contributed by atoms with Gasteiger partial charge in [-0.25, -0.2) is 0 Å². The van der Waals surface area contributed by atoms with Gasteiger partial charge in [0.25, 0.3) is 0 Å². The number of aryl methyl sites for hydroxylation is 1. The van der Waals surface area contributed by atoms with Crippen LogP contribution >= 0.6 is 11.6 Å². The summed E-state index contributed by atoms with van der Waals surface area (Å²) in [5.41, 5.74) is 0.736. The minimum Gasteiger partial charge on any atom is -0.371 e. The molecule has 0 spiro atoms. The van der Waals surface area contributed by atoms with Crippen molar-refractivity contribution in [3.63, 3.8) is 0 Å². The Kier molecular flexibility index (Phi) is 3.53. The third-order valence-corrected chi connectivity index (χ3v) is 2.90. The van der Waals surface area contributed by atoms with E-state index in [-0.39, 0.29) is 5.78 Å². The molecule has 0 amide bonds. The summed E-state index contributed by atoms with van der Waals surface area (Å²) in [6.45, 7) is 5.38. The lowest BCUT2D eigenvalue weighted by atomic mass is 9.96. The minimum absolute atomic E-state index is 0.0631. The third kappa shape index (κ3) is 2.58. The van der Waals surface area contributed by atoms with Gasteiger partial charge < -0.3 is 4.74 Å². The Balaban J connectivity index is 3.08. The van der Waals surface area contributed by atoms with Crippen LogP contribution in [-0.4, -0.2) is 18.5 Å². The first kappa shape index (κ1) is 12.2. The van der Waals surface area contributed by atoms with E-state index in [4.69, 9.17) is 16.3 Å². The van der Waals surface area contributed by atoms with Gasteiger partial charge in [-0.1, -0.05) is 23.7 Å². The van der Waals surface area contributed by atoms with Crippen molar-refractivity contribution in [3.05, 3.63) is 34.3 Å². The molecule has 0 unspecified atom stereocenters. The summed E-state index contributed by atoms with van der Waals surface area (Å²) in [5.74, 6) is -0.0631. The van der Waals surface area contributed by atoms with Crippen LogP contribution in [0.3, 0.4) is 0 Å². The van der Waals surface area contributed by atoms with Gasteiger partial charge in [0.1, 0.15) is 5.60 Å². The molecule has 1 aromatic rings. The molecule has 2 nitrogen and oxygen atoms in total. The maximum atomic E-state index is 12.0. The number of rotatable bonds is 3. The fourth-order valence-corrected chi connectivity index (χ4v) is 1.35. The predicted molar refractivity (Wildman–Crippen MR) is 61.6 cm³/mol. The highest BCUT2D eigenvalue weighted by atomic mass is 35.5. The number of ether oxygens (including phenoxy) is 1. The second-order valence-corrected chi connectivity index (χ2v) is 4.41. The number of carbonyl (C=O) groups excluding carboxylic acids is 1. The first-order chi connectivity index (χ1) is 6.88. The van der Waals surface area contributed by atoms with Crippen molar-refractivity contribution in [2.75, 3.05) is 7.11 Å². The molecule has 1 aromatic carbocycles. The second kappa shape index (κ2) is 4.33. The molecular formula is C12H15ClO2. The molecule has 0 aliphatic heterocycles. The van der Waals surface area contributed by atoms with Crippen molar-refractivity contribution >= 4 is 17.4 Å². The molecule has 0 bridgehead atoms. The van der Waals surface area contributed by atoms with Crippen molar-refractivity contribution in [1.29, 1.82) is 0 Å². The van der Waals surface area contributed by atoms with Gasteiger partial charge in [0.05, 0.1) is 0 Å². The van der Waals surface area contributed by atoms with E-state index in [1.807, 2.05) is 13.0 Å². The van der Waals surface area contributed by atoms with Crippen molar-refractivity contribution in [3.8, 4) is 0 Å². The summed E-state index contributed by atoms with van der Waals surface area (Å²) < 4.78 is 5.13. The molecule has 0 aromatic heterocycles. The molecule has 0 N–H and O–H groups in total. The molecule has 0 fully saturated rings. The Hall–Kier alpha value is -0.860. The monoisotopic (exact) mass is 226 g/mol. The van der Waals surface area contributed by atoms with Crippen LogP contribution in [-0.2, 0) is 4.74 Å². The molecule has 82 valence electrons. The molecule has 0 radical (unpaired) electrons. The normalized spacial score (nSPS) is 11.5. The highest BCUT2D eigenvalue weighted by Crippen LogP contribution is 2.21. The Morgan fingerprint density at radius 1 is 1.40 bits per heavy atom. The molecule has 0 aliphatic rings. The zero-order chi connectivity index (χ0) is 11.6. The van der Waals surface area contributed by atoms with E-state index in [0.717, 1.165) is 5.56 Å². The van der Waals surface area contributed by atoms with Gasteiger partial charge >= 0.3 is 0 Å². The lowest BCUT2D eigenvalue weighted by Crippen LogP contribution is -2.33. The third-order valence-electron chi connectivity index (χ3n) is 2.49. The number of methoxy groups -OCH3 is 1. The number of ketones is 1. The molecule has 0 atom stereocenters. The summed E-state index contributed by atoms with van der Waals surface area (Å²) in [6.07, 6.45) is 0. The molecule has 15 heavy (non-hydrogen) atoms. The summed E-state index contributed by atoms with van der Waals surface area (Å²) >= 11 is 5.96. The second-order valence-electron chi connectivity index (χ2n) is 4.01. The maximum Gasteiger partial charge on any atom is 0.194 e. The predicted octanol–water partition coefficient (Wildman–Crippen LogP) is 3.26. The van der Waals surface area contributed by atoms with Crippen LogP contribution in [0.5, 0.6) is 0 Å².